The Labute approximate surface area is 67.5 Å². The molecule has 0 radical (unpaired) electrons. The van der Waals surface area contributed by atoms with E-state index in [1.807, 2.05) is 37.3 Å². The van der Waals surface area contributed by atoms with Gasteiger partial charge in [0.2, 0.25) is 0 Å². The SMILES string of the molecule is C=Cc1ccccc1[C@H](C)N. The molecule has 1 heteroatoms. The van der Waals surface area contributed by atoms with Crippen LogP contribution in [0.4, 0.5) is 0 Å². The number of benzene rings is 1. The van der Waals surface area contributed by atoms with Crippen molar-refractivity contribution in [2.24, 2.45) is 5.73 Å². The van der Waals surface area contributed by atoms with Crippen molar-refractivity contribution in [3.05, 3.63) is 42.0 Å². The molecule has 0 unspecified atom stereocenters. The van der Waals surface area contributed by atoms with E-state index in [2.05, 4.69) is 6.58 Å². The fourth-order valence-electron chi connectivity index (χ4n) is 1.11. The molecule has 58 valence electrons. The second-order valence-electron chi connectivity index (χ2n) is 2.62. The third kappa shape index (κ3) is 1.69. The van der Waals surface area contributed by atoms with Crippen molar-refractivity contribution >= 4 is 6.08 Å². The van der Waals surface area contributed by atoms with Gasteiger partial charge in [-0.3, -0.25) is 0 Å². The molecule has 0 aromatic heterocycles. The molecular formula is C10H13N. The average molecular weight is 147 g/mol. The third-order valence-corrected chi connectivity index (χ3v) is 1.71. The van der Waals surface area contributed by atoms with Crippen LogP contribution in [-0.2, 0) is 0 Å². The smallest absolute Gasteiger partial charge is 0.0272 e. The zero-order chi connectivity index (χ0) is 8.27. The molecule has 11 heavy (non-hydrogen) atoms. The van der Waals surface area contributed by atoms with Crippen LogP contribution in [0.25, 0.3) is 6.08 Å². The highest BCUT2D eigenvalue weighted by atomic mass is 14.6. The zero-order valence-corrected chi connectivity index (χ0v) is 6.75. The van der Waals surface area contributed by atoms with Crippen LogP contribution in [0.1, 0.15) is 24.1 Å². The van der Waals surface area contributed by atoms with Crippen molar-refractivity contribution in [1.82, 2.24) is 0 Å². The van der Waals surface area contributed by atoms with Crippen LogP contribution in [0, 0.1) is 0 Å². The first-order valence-electron chi connectivity index (χ1n) is 3.72. The zero-order valence-electron chi connectivity index (χ0n) is 6.75. The van der Waals surface area contributed by atoms with E-state index in [4.69, 9.17) is 5.73 Å². The Hall–Kier alpha value is -1.08. The average Bonchev–Trinajstić information content (AvgIpc) is 2.04. The maximum atomic E-state index is 5.74. The van der Waals surface area contributed by atoms with Crippen LogP contribution in [0.3, 0.4) is 0 Å². The van der Waals surface area contributed by atoms with E-state index >= 15 is 0 Å². The summed E-state index contributed by atoms with van der Waals surface area (Å²) in [6, 6.07) is 8.12. The minimum absolute atomic E-state index is 0.0872. The fourth-order valence-corrected chi connectivity index (χ4v) is 1.11. The summed E-state index contributed by atoms with van der Waals surface area (Å²) in [5, 5.41) is 0. The van der Waals surface area contributed by atoms with Gasteiger partial charge in [0.25, 0.3) is 0 Å². The minimum Gasteiger partial charge on any atom is -0.324 e. The summed E-state index contributed by atoms with van der Waals surface area (Å²) in [6.45, 7) is 5.69. The molecule has 0 spiro atoms. The Bertz CT molecular complexity index is 251. The predicted molar refractivity (Wildman–Crippen MR) is 49.1 cm³/mol. The van der Waals surface area contributed by atoms with Crippen molar-refractivity contribution in [3.8, 4) is 0 Å². The van der Waals surface area contributed by atoms with Gasteiger partial charge in [0.15, 0.2) is 0 Å². The molecule has 0 amide bonds. The van der Waals surface area contributed by atoms with Crippen LogP contribution < -0.4 is 5.73 Å². The molecule has 0 fully saturated rings. The van der Waals surface area contributed by atoms with Crippen molar-refractivity contribution in [2.45, 2.75) is 13.0 Å². The predicted octanol–water partition coefficient (Wildman–Crippen LogP) is 2.35. The van der Waals surface area contributed by atoms with Gasteiger partial charge < -0.3 is 5.73 Å². The summed E-state index contributed by atoms with van der Waals surface area (Å²) in [7, 11) is 0. The molecule has 1 rings (SSSR count). The minimum atomic E-state index is 0.0872. The van der Waals surface area contributed by atoms with Gasteiger partial charge in [0, 0.05) is 6.04 Å². The van der Waals surface area contributed by atoms with Gasteiger partial charge in [-0.05, 0) is 18.1 Å². The van der Waals surface area contributed by atoms with E-state index in [9.17, 15) is 0 Å². The van der Waals surface area contributed by atoms with Gasteiger partial charge >= 0.3 is 0 Å². The molecule has 0 aliphatic heterocycles. The van der Waals surface area contributed by atoms with Gasteiger partial charge in [-0.1, -0.05) is 36.9 Å². The summed E-state index contributed by atoms with van der Waals surface area (Å²) in [6.07, 6.45) is 1.83. The lowest BCUT2D eigenvalue weighted by molar-refractivity contribution is 0.816. The first-order valence-corrected chi connectivity index (χ1v) is 3.72. The van der Waals surface area contributed by atoms with E-state index in [-0.39, 0.29) is 6.04 Å². The topological polar surface area (TPSA) is 26.0 Å². The first-order chi connectivity index (χ1) is 5.25. The third-order valence-electron chi connectivity index (χ3n) is 1.71. The van der Waals surface area contributed by atoms with Crippen molar-refractivity contribution < 1.29 is 0 Å². The molecular weight excluding hydrogens is 134 g/mol. The summed E-state index contributed by atoms with van der Waals surface area (Å²) >= 11 is 0. The molecule has 1 atom stereocenters. The Balaban J connectivity index is 3.12. The van der Waals surface area contributed by atoms with Crippen LogP contribution in [-0.4, -0.2) is 0 Å². The van der Waals surface area contributed by atoms with E-state index in [0.717, 1.165) is 11.1 Å². The highest BCUT2D eigenvalue weighted by Gasteiger charge is 2.01. The lowest BCUT2D eigenvalue weighted by atomic mass is 10.0. The van der Waals surface area contributed by atoms with Gasteiger partial charge in [-0.15, -0.1) is 0 Å². The maximum absolute atomic E-state index is 5.74. The molecule has 0 bridgehead atoms. The Morgan fingerprint density at radius 3 is 2.55 bits per heavy atom. The number of hydrogen-bond acceptors (Lipinski definition) is 1. The summed E-state index contributed by atoms with van der Waals surface area (Å²) in [5.74, 6) is 0. The van der Waals surface area contributed by atoms with Gasteiger partial charge in [-0.2, -0.15) is 0 Å². The standard InChI is InChI=1S/C10H13N/c1-3-9-6-4-5-7-10(9)8(2)11/h3-8H,1,11H2,2H3/t8-/m0/s1. The highest BCUT2D eigenvalue weighted by Crippen LogP contribution is 2.15. The lowest BCUT2D eigenvalue weighted by Gasteiger charge is -2.08. The Morgan fingerprint density at radius 2 is 2.09 bits per heavy atom. The molecule has 0 saturated carbocycles. The molecule has 0 aliphatic carbocycles. The van der Waals surface area contributed by atoms with Crippen molar-refractivity contribution in [2.75, 3.05) is 0 Å². The molecule has 0 saturated heterocycles. The Morgan fingerprint density at radius 1 is 1.45 bits per heavy atom. The van der Waals surface area contributed by atoms with Gasteiger partial charge in [-0.25, -0.2) is 0 Å². The first kappa shape index (κ1) is 8.02. The van der Waals surface area contributed by atoms with E-state index in [0.29, 0.717) is 0 Å². The fraction of sp³-hybridized carbons (Fsp3) is 0.200. The highest BCUT2D eigenvalue weighted by molar-refractivity contribution is 5.52. The Kier molecular flexibility index (Phi) is 2.44. The molecule has 1 nitrogen and oxygen atoms in total. The van der Waals surface area contributed by atoms with E-state index in [1.54, 1.807) is 0 Å². The second kappa shape index (κ2) is 3.35. The quantitative estimate of drug-likeness (QED) is 0.682. The summed E-state index contributed by atoms with van der Waals surface area (Å²) in [4.78, 5) is 0. The van der Waals surface area contributed by atoms with Crippen molar-refractivity contribution in [1.29, 1.82) is 0 Å². The van der Waals surface area contributed by atoms with Gasteiger partial charge in [0.1, 0.15) is 0 Å². The van der Waals surface area contributed by atoms with Gasteiger partial charge in [0.05, 0.1) is 0 Å². The second-order valence-corrected chi connectivity index (χ2v) is 2.62. The largest absolute Gasteiger partial charge is 0.324 e. The van der Waals surface area contributed by atoms with E-state index < -0.39 is 0 Å². The number of rotatable bonds is 2. The number of nitrogens with two attached hydrogens (primary N) is 1. The van der Waals surface area contributed by atoms with Crippen LogP contribution in [0.15, 0.2) is 30.8 Å². The maximum Gasteiger partial charge on any atom is 0.0272 e. The van der Waals surface area contributed by atoms with Crippen LogP contribution in [0.5, 0.6) is 0 Å². The molecule has 0 heterocycles. The van der Waals surface area contributed by atoms with E-state index in [1.165, 1.54) is 0 Å². The number of hydrogen-bond donors (Lipinski definition) is 1. The molecule has 2 N–H and O–H groups in total. The molecule has 1 aromatic carbocycles. The normalized spacial score (nSPS) is 12.5. The summed E-state index contributed by atoms with van der Waals surface area (Å²) < 4.78 is 0. The summed E-state index contributed by atoms with van der Waals surface area (Å²) in [5.41, 5.74) is 8.02. The van der Waals surface area contributed by atoms with Crippen LogP contribution in [0.2, 0.25) is 0 Å². The van der Waals surface area contributed by atoms with Crippen molar-refractivity contribution in [3.63, 3.8) is 0 Å². The molecule has 1 aromatic rings. The molecule has 0 aliphatic rings. The lowest BCUT2D eigenvalue weighted by Crippen LogP contribution is -2.06. The monoisotopic (exact) mass is 147 g/mol. The van der Waals surface area contributed by atoms with Crippen LogP contribution >= 0.6 is 0 Å².